The Labute approximate surface area is 195 Å². The van der Waals surface area contributed by atoms with E-state index in [0.717, 1.165) is 59.6 Å². The van der Waals surface area contributed by atoms with E-state index in [0.29, 0.717) is 18.9 Å². The van der Waals surface area contributed by atoms with Crippen molar-refractivity contribution < 1.29 is 9.59 Å². The van der Waals surface area contributed by atoms with Crippen molar-refractivity contribution in [3.05, 3.63) is 59.4 Å². The van der Waals surface area contributed by atoms with Crippen LogP contribution in [0, 0.1) is 19.8 Å². The summed E-state index contributed by atoms with van der Waals surface area (Å²) in [6.45, 7) is 8.85. The molecule has 2 fully saturated rings. The van der Waals surface area contributed by atoms with E-state index in [1.54, 1.807) is 0 Å². The van der Waals surface area contributed by atoms with E-state index < -0.39 is 0 Å². The third-order valence-corrected chi connectivity index (χ3v) is 7.26. The number of benzene rings is 2. The number of carbonyl (C=O) groups excluding carboxylic acids is 2. The summed E-state index contributed by atoms with van der Waals surface area (Å²) >= 11 is 0. The van der Waals surface area contributed by atoms with Gasteiger partial charge in [0.25, 0.3) is 0 Å². The van der Waals surface area contributed by atoms with Crippen molar-refractivity contribution in [1.29, 1.82) is 0 Å². The number of likely N-dealkylation sites (tertiary alicyclic amines) is 1. The smallest absolute Gasteiger partial charge is 0.242 e. The van der Waals surface area contributed by atoms with Gasteiger partial charge in [-0.2, -0.15) is 0 Å². The van der Waals surface area contributed by atoms with Crippen LogP contribution in [0.3, 0.4) is 0 Å². The van der Waals surface area contributed by atoms with Crippen molar-refractivity contribution >= 4 is 28.5 Å². The van der Waals surface area contributed by atoms with Gasteiger partial charge in [0.1, 0.15) is 12.4 Å². The van der Waals surface area contributed by atoms with Crippen molar-refractivity contribution in [3.8, 4) is 0 Å². The highest BCUT2D eigenvalue weighted by atomic mass is 16.2. The standard InChI is InChI=1S/C27H32N4O2/c1-18-10-12-29(13-11-18)26(33)17-31-23-7-5-4-6-22(23)28-27(31)21-15-25(32)30(16-21)24-14-19(2)8-9-20(24)3/h4-9,14,18,21H,10-13,15-17H2,1-3H3. The topological polar surface area (TPSA) is 58.4 Å². The van der Waals surface area contributed by atoms with Gasteiger partial charge in [-0.1, -0.05) is 31.2 Å². The molecule has 2 amide bonds. The van der Waals surface area contributed by atoms with Crippen LogP contribution in [0.5, 0.6) is 0 Å². The maximum Gasteiger partial charge on any atom is 0.242 e. The fourth-order valence-electron chi connectivity index (χ4n) is 5.19. The molecule has 2 aliphatic heterocycles. The molecule has 33 heavy (non-hydrogen) atoms. The first-order valence-electron chi connectivity index (χ1n) is 12.0. The second kappa shape index (κ2) is 8.65. The van der Waals surface area contributed by atoms with Crippen LogP contribution in [0.15, 0.2) is 42.5 Å². The summed E-state index contributed by atoms with van der Waals surface area (Å²) in [7, 11) is 0. The Kier molecular flexibility index (Phi) is 5.69. The first-order chi connectivity index (χ1) is 15.9. The lowest BCUT2D eigenvalue weighted by molar-refractivity contribution is -0.133. The Morgan fingerprint density at radius 2 is 1.85 bits per heavy atom. The van der Waals surface area contributed by atoms with Gasteiger partial charge < -0.3 is 14.4 Å². The molecule has 0 aliphatic carbocycles. The Balaban J connectivity index is 1.45. The van der Waals surface area contributed by atoms with Crippen LogP contribution in [-0.4, -0.2) is 45.9 Å². The van der Waals surface area contributed by atoms with Crippen molar-refractivity contribution in [2.24, 2.45) is 5.92 Å². The minimum absolute atomic E-state index is 0.0426. The van der Waals surface area contributed by atoms with Gasteiger partial charge in [-0.3, -0.25) is 9.59 Å². The summed E-state index contributed by atoms with van der Waals surface area (Å²) in [6, 6.07) is 14.2. The van der Waals surface area contributed by atoms with Crippen LogP contribution in [0.1, 0.15) is 49.1 Å². The summed E-state index contributed by atoms with van der Waals surface area (Å²) in [4.78, 5) is 35.1. The normalized spacial score (nSPS) is 19.6. The largest absolute Gasteiger partial charge is 0.341 e. The first-order valence-corrected chi connectivity index (χ1v) is 12.0. The van der Waals surface area contributed by atoms with E-state index in [1.807, 2.05) is 47.9 Å². The molecule has 1 aromatic heterocycles. The predicted octanol–water partition coefficient (Wildman–Crippen LogP) is 4.43. The van der Waals surface area contributed by atoms with Crippen molar-refractivity contribution in [3.63, 3.8) is 0 Å². The SMILES string of the molecule is Cc1ccc(C)c(N2CC(c3nc4ccccc4n3CC(=O)N3CCC(C)CC3)CC2=O)c1. The lowest BCUT2D eigenvalue weighted by Crippen LogP contribution is -2.40. The summed E-state index contributed by atoms with van der Waals surface area (Å²) in [5.74, 6) is 1.74. The second-order valence-electron chi connectivity index (χ2n) is 9.80. The molecule has 3 heterocycles. The molecule has 172 valence electrons. The summed E-state index contributed by atoms with van der Waals surface area (Å²) in [5.41, 5.74) is 5.05. The number of anilines is 1. The number of amides is 2. The molecule has 1 atom stereocenters. The third-order valence-electron chi connectivity index (χ3n) is 7.26. The number of hydrogen-bond acceptors (Lipinski definition) is 3. The molecule has 0 spiro atoms. The molecule has 1 unspecified atom stereocenters. The van der Waals surface area contributed by atoms with Gasteiger partial charge in [-0.25, -0.2) is 4.98 Å². The molecule has 6 nitrogen and oxygen atoms in total. The highest BCUT2D eigenvalue weighted by Gasteiger charge is 2.36. The fraction of sp³-hybridized carbons (Fsp3) is 0.444. The molecule has 5 rings (SSSR count). The number of nitrogens with zero attached hydrogens (tertiary/aromatic N) is 4. The van der Waals surface area contributed by atoms with E-state index in [1.165, 1.54) is 0 Å². The summed E-state index contributed by atoms with van der Waals surface area (Å²) < 4.78 is 2.06. The molecule has 2 aromatic carbocycles. The highest BCUT2D eigenvalue weighted by Crippen LogP contribution is 2.35. The zero-order valence-electron chi connectivity index (χ0n) is 19.8. The number of fused-ring (bicyclic) bond motifs is 1. The summed E-state index contributed by atoms with van der Waals surface area (Å²) in [6.07, 6.45) is 2.53. The lowest BCUT2D eigenvalue weighted by Gasteiger charge is -2.30. The van der Waals surface area contributed by atoms with Crippen molar-refractivity contribution in [2.75, 3.05) is 24.5 Å². The highest BCUT2D eigenvalue weighted by molar-refractivity contribution is 5.97. The van der Waals surface area contributed by atoms with Crippen LogP contribution < -0.4 is 4.90 Å². The van der Waals surface area contributed by atoms with Crippen LogP contribution >= 0.6 is 0 Å². The minimum Gasteiger partial charge on any atom is -0.341 e. The van der Waals surface area contributed by atoms with Gasteiger partial charge in [-0.05, 0) is 61.9 Å². The number of hydrogen-bond donors (Lipinski definition) is 0. The number of aryl methyl sites for hydroxylation is 2. The molecule has 0 bridgehead atoms. The Hall–Kier alpha value is -3.15. The van der Waals surface area contributed by atoms with E-state index >= 15 is 0 Å². The molecule has 0 saturated carbocycles. The lowest BCUT2D eigenvalue weighted by atomic mass is 9.99. The van der Waals surface area contributed by atoms with Gasteiger partial charge in [0.05, 0.1) is 11.0 Å². The molecular formula is C27H32N4O2. The average molecular weight is 445 g/mol. The molecule has 6 heteroatoms. The van der Waals surface area contributed by atoms with Crippen molar-refractivity contribution in [1.82, 2.24) is 14.5 Å². The van der Waals surface area contributed by atoms with Crippen LogP contribution in [0.25, 0.3) is 11.0 Å². The molecule has 3 aromatic rings. The molecule has 0 N–H and O–H groups in total. The van der Waals surface area contributed by atoms with Crippen LogP contribution in [-0.2, 0) is 16.1 Å². The van der Waals surface area contributed by atoms with Crippen LogP contribution in [0.2, 0.25) is 0 Å². The Morgan fingerprint density at radius 1 is 1.09 bits per heavy atom. The minimum atomic E-state index is -0.0426. The molecular weight excluding hydrogens is 412 g/mol. The number of para-hydroxylation sites is 2. The zero-order valence-corrected chi connectivity index (χ0v) is 19.8. The molecule has 2 saturated heterocycles. The number of imidazole rings is 1. The van der Waals surface area contributed by atoms with Crippen molar-refractivity contribution in [2.45, 2.75) is 52.5 Å². The number of carbonyl (C=O) groups is 2. The zero-order chi connectivity index (χ0) is 23.1. The number of rotatable bonds is 4. The molecule has 2 aliphatic rings. The van der Waals surface area contributed by atoms with E-state index in [9.17, 15) is 9.59 Å². The Bertz CT molecular complexity index is 1210. The predicted molar refractivity (Wildman–Crippen MR) is 130 cm³/mol. The van der Waals surface area contributed by atoms with Crippen LogP contribution in [0.4, 0.5) is 5.69 Å². The van der Waals surface area contributed by atoms with E-state index in [-0.39, 0.29) is 24.3 Å². The van der Waals surface area contributed by atoms with Gasteiger partial charge >= 0.3 is 0 Å². The maximum absolute atomic E-state index is 13.2. The maximum atomic E-state index is 13.2. The van der Waals surface area contributed by atoms with Gasteiger partial charge in [0.15, 0.2) is 0 Å². The molecule has 0 radical (unpaired) electrons. The quantitative estimate of drug-likeness (QED) is 0.598. The van der Waals surface area contributed by atoms with Gasteiger partial charge in [0.2, 0.25) is 11.8 Å². The summed E-state index contributed by atoms with van der Waals surface area (Å²) in [5, 5.41) is 0. The third kappa shape index (κ3) is 4.14. The first kappa shape index (κ1) is 21.7. The van der Waals surface area contributed by atoms with Gasteiger partial charge in [0, 0.05) is 37.7 Å². The second-order valence-corrected chi connectivity index (χ2v) is 9.80. The van der Waals surface area contributed by atoms with Gasteiger partial charge in [-0.15, -0.1) is 0 Å². The number of aromatic nitrogens is 2. The van der Waals surface area contributed by atoms with E-state index in [4.69, 9.17) is 4.98 Å². The fourth-order valence-corrected chi connectivity index (χ4v) is 5.19. The number of piperidine rings is 1. The monoisotopic (exact) mass is 444 g/mol. The van der Waals surface area contributed by atoms with E-state index in [2.05, 4.69) is 29.7 Å². The Morgan fingerprint density at radius 3 is 2.64 bits per heavy atom. The average Bonchev–Trinajstić information content (AvgIpc) is 3.36.